The molecule has 0 saturated heterocycles. The Morgan fingerprint density at radius 1 is 1.08 bits per heavy atom. The maximum atomic E-state index is 12.5. The van der Waals surface area contributed by atoms with Gasteiger partial charge in [-0.15, -0.1) is 0 Å². The van der Waals surface area contributed by atoms with Gasteiger partial charge in [-0.2, -0.15) is 0 Å². The summed E-state index contributed by atoms with van der Waals surface area (Å²) in [6.07, 6.45) is 1.35. The van der Waals surface area contributed by atoms with Crippen LogP contribution < -0.4 is 10.6 Å². The van der Waals surface area contributed by atoms with Crippen molar-refractivity contribution < 1.29 is 9.59 Å². The predicted molar refractivity (Wildman–Crippen MR) is 101 cm³/mol. The third-order valence-electron chi connectivity index (χ3n) is 4.08. The molecule has 0 bridgehead atoms. The van der Waals surface area contributed by atoms with E-state index in [1.165, 1.54) is 6.92 Å². The summed E-state index contributed by atoms with van der Waals surface area (Å²) in [5, 5.41) is 7.96. The lowest BCUT2D eigenvalue weighted by molar-refractivity contribution is -0.128. The van der Waals surface area contributed by atoms with Gasteiger partial charge < -0.3 is 15.5 Å². The van der Waals surface area contributed by atoms with E-state index in [-0.39, 0.29) is 11.8 Å². The summed E-state index contributed by atoms with van der Waals surface area (Å²) < 4.78 is 0. The fourth-order valence-corrected chi connectivity index (χ4v) is 2.88. The molecule has 0 spiro atoms. The number of rotatable bonds is 8. The van der Waals surface area contributed by atoms with Gasteiger partial charge >= 0.3 is 0 Å². The number of fused-ring (bicyclic) bond motifs is 1. The zero-order valence-corrected chi connectivity index (χ0v) is 15.2. The van der Waals surface area contributed by atoms with Gasteiger partial charge in [-0.3, -0.25) is 9.59 Å². The second-order valence-corrected chi connectivity index (χ2v) is 6.54. The van der Waals surface area contributed by atoms with Gasteiger partial charge in [0.25, 0.3) is 0 Å². The highest BCUT2D eigenvalue weighted by molar-refractivity contribution is 5.89. The number of nitrogens with one attached hydrogen (secondary N) is 2. The van der Waals surface area contributed by atoms with Gasteiger partial charge in [0.15, 0.2) is 0 Å². The molecule has 0 aromatic heterocycles. The maximum absolute atomic E-state index is 12.5. The highest BCUT2D eigenvalue weighted by Crippen LogP contribution is 2.19. The Morgan fingerprint density at radius 3 is 2.52 bits per heavy atom. The van der Waals surface area contributed by atoms with E-state index in [2.05, 4.69) is 15.5 Å². The third-order valence-corrected chi connectivity index (χ3v) is 4.08. The molecule has 1 atom stereocenters. The monoisotopic (exact) mass is 341 g/mol. The lowest BCUT2D eigenvalue weighted by atomic mass is 9.98. The van der Waals surface area contributed by atoms with Crippen LogP contribution in [0.15, 0.2) is 42.5 Å². The van der Waals surface area contributed by atoms with Gasteiger partial charge in [-0.1, -0.05) is 42.5 Å². The van der Waals surface area contributed by atoms with Crippen LogP contribution in [-0.2, 0) is 16.0 Å². The van der Waals surface area contributed by atoms with Gasteiger partial charge in [0, 0.05) is 19.9 Å². The van der Waals surface area contributed by atoms with Gasteiger partial charge in [0.2, 0.25) is 11.8 Å². The first-order chi connectivity index (χ1) is 12.0. The summed E-state index contributed by atoms with van der Waals surface area (Å²) in [6, 6.07) is 13.6. The summed E-state index contributed by atoms with van der Waals surface area (Å²) in [5.74, 6) is -0.337. The lowest BCUT2D eigenvalue weighted by Crippen LogP contribution is -2.47. The van der Waals surface area contributed by atoms with Gasteiger partial charge in [-0.25, -0.2) is 0 Å². The molecule has 25 heavy (non-hydrogen) atoms. The zero-order chi connectivity index (χ0) is 18.2. The van der Waals surface area contributed by atoms with Crippen molar-refractivity contribution in [3.63, 3.8) is 0 Å². The van der Waals surface area contributed by atoms with E-state index in [9.17, 15) is 9.59 Å². The second kappa shape index (κ2) is 9.18. The molecule has 0 aliphatic heterocycles. The Hall–Kier alpha value is -2.40. The Morgan fingerprint density at radius 2 is 1.80 bits per heavy atom. The molecule has 2 N–H and O–H groups in total. The molecule has 2 amide bonds. The summed E-state index contributed by atoms with van der Waals surface area (Å²) in [5.41, 5.74) is 1.06. The molecule has 0 aliphatic rings. The van der Waals surface area contributed by atoms with E-state index >= 15 is 0 Å². The average Bonchev–Trinajstić information content (AvgIpc) is 2.57. The SMILES string of the molecule is CC(=O)N[C@@H](Cc1cccc2ccccc12)C(=O)NCCCN(C)C. The fraction of sp³-hybridized carbons (Fsp3) is 0.400. The normalized spacial score (nSPS) is 12.2. The topological polar surface area (TPSA) is 61.4 Å². The van der Waals surface area contributed by atoms with Crippen molar-refractivity contribution in [2.24, 2.45) is 0 Å². The van der Waals surface area contributed by atoms with Crippen molar-refractivity contribution in [2.75, 3.05) is 27.2 Å². The first kappa shape index (κ1) is 18.9. The lowest BCUT2D eigenvalue weighted by Gasteiger charge is -2.19. The van der Waals surface area contributed by atoms with Gasteiger partial charge in [0.05, 0.1) is 0 Å². The molecule has 2 rings (SSSR count). The molecular formula is C20H27N3O2. The number of hydrogen-bond donors (Lipinski definition) is 2. The molecule has 2 aromatic carbocycles. The Labute approximate surface area is 149 Å². The summed E-state index contributed by atoms with van der Waals surface area (Å²) in [4.78, 5) is 26.1. The van der Waals surface area contributed by atoms with Crippen molar-refractivity contribution in [1.82, 2.24) is 15.5 Å². The Bertz CT molecular complexity index is 722. The quantitative estimate of drug-likeness (QED) is 0.722. The highest BCUT2D eigenvalue weighted by Gasteiger charge is 2.20. The molecule has 2 aromatic rings. The number of hydrogen-bond acceptors (Lipinski definition) is 3. The van der Waals surface area contributed by atoms with Gasteiger partial charge in [-0.05, 0) is 43.4 Å². The number of benzene rings is 2. The standard InChI is InChI=1S/C20H27N3O2/c1-15(24)22-19(20(25)21-12-7-13-23(2)3)14-17-10-6-9-16-8-4-5-11-18(16)17/h4-6,8-11,19H,7,12-14H2,1-3H3,(H,21,25)(H,22,24)/t19-/m0/s1. The molecule has 0 heterocycles. The molecule has 134 valence electrons. The minimum absolute atomic E-state index is 0.137. The Balaban J connectivity index is 2.08. The maximum Gasteiger partial charge on any atom is 0.242 e. The van der Waals surface area contributed by atoms with Crippen molar-refractivity contribution in [3.8, 4) is 0 Å². The van der Waals surface area contributed by atoms with Crippen molar-refractivity contribution in [1.29, 1.82) is 0 Å². The van der Waals surface area contributed by atoms with Crippen molar-refractivity contribution in [3.05, 3.63) is 48.0 Å². The van der Waals surface area contributed by atoms with Crippen LogP contribution in [0.25, 0.3) is 10.8 Å². The van der Waals surface area contributed by atoms with E-state index in [1.807, 2.05) is 56.6 Å². The first-order valence-corrected chi connectivity index (χ1v) is 8.63. The van der Waals surface area contributed by atoms with E-state index in [0.717, 1.165) is 29.3 Å². The van der Waals surface area contributed by atoms with E-state index in [0.29, 0.717) is 13.0 Å². The minimum atomic E-state index is -0.567. The van der Waals surface area contributed by atoms with E-state index in [1.54, 1.807) is 0 Å². The first-order valence-electron chi connectivity index (χ1n) is 8.63. The van der Waals surface area contributed by atoms with Crippen LogP contribution in [0.4, 0.5) is 0 Å². The Kier molecular flexibility index (Phi) is 6.95. The van der Waals surface area contributed by atoms with Crippen LogP contribution in [0.5, 0.6) is 0 Å². The van der Waals surface area contributed by atoms with Crippen LogP contribution in [0.3, 0.4) is 0 Å². The highest BCUT2D eigenvalue weighted by atomic mass is 16.2. The number of nitrogens with zero attached hydrogens (tertiary/aromatic N) is 1. The number of amides is 2. The van der Waals surface area contributed by atoms with Crippen LogP contribution in [0.2, 0.25) is 0 Å². The average molecular weight is 341 g/mol. The molecule has 0 radical (unpaired) electrons. The largest absolute Gasteiger partial charge is 0.354 e. The van der Waals surface area contributed by atoms with E-state index in [4.69, 9.17) is 0 Å². The van der Waals surface area contributed by atoms with Crippen LogP contribution in [-0.4, -0.2) is 49.9 Å². The van der Waals surface area contributed by atoms with Crippen LogP contribution >= 0.6 is 0 Å². The third kappa shape index (κ3) is 5.87. The smallest absolute Gasteiger partial charge is 0.242 e. The zero-order valence-electron chi connectivity index (χ0n) is 15.2. The van der Waals surface area contributed by atoms with Gasteiger partial charge in [0.1, 0.15) is 6.04 Å². The summed E-state index contributed by atoms with van der Waals surface area (Å²) in [6.45, 7) is 2.95. The molecular weight excluding hydrogens is 314 g/mol. The molecule has 0 fully saturated rings. The molecule has 5 nitrogen and oxygen atoms in total. The van der Waals surface area contributed by atoms with Crippen LogP contribution in [0, 0.1) is 0 Å². The molecule has 0 aliphatic carbocycles. The molecule has 0 saturated carbocycles. The van der Waals surface area contributed by atoms with E-state index < -0.39 is 6.04 Å². The predicted octanol–water partition coefficient (Wildman–Crippen LogP) is 1.95. The molecule has 0 unspecified atom stereocenters. The number of carbonyl (C=O) groups is 2. The second-order valence-electron chi connectivity index (χ2n) is 6.54. The summed E-state index contributed by atoms with van der Waals surface area (Å²) >= 11 is 0. The molecule has 5 heteroatoms. The van der Waals surface area contributed by atoms with Crippen LogP contribution in [0.1, 0.15) is 18.9 Å². The number of carbonyl (C=O) groups excluding carboxylic acids is 2. The van der Waals surface area contributed by atoms with Crippen molar-refractivity contribution in [2.45, 2.75) is 25.8 Å². The fourth-order valence-electron chi connectivity index (χ4n) is 2.88. The summed E-state index contributed by atoms with van der Waals surface area (Å²) in [7, 11) is 4.00. The van der Waals surface area contributed by atoms with Crippen molar-refractivity contribution >= 4 is 22.6 Å². The minimum Gasteiger partial charge on any atom is -0.354 e.